The highest BCUT2D eigenvalue weighted by Gasteiger charge is 2.19. The number of amides is 1. The van der Waals surface area contributed by atoms with Gasteiger partial charge in [-0.25, -0.2) is 0 Å². The van der Waals surface area contributed by atoms with Crippen molar-refractivity contribution in [1.29, 1.82) is 0 Å². The van der Waals surface area contributed by atoms with Gasteiger partial charge in [-0.1, -0.05) is 6.07 Å². The Morgan fingerprint density at radius 1 is 1.32 bits per heavy atom. The average molecular weight is 299 g/mol. The van der Waals surface area contributed by atoms with Crippen LogP contribution in [0.25, 0.3) is 0 Å². The molecule has 0 fully saturated rings. The van der Waals surface area contributed by atoms with Crippen LogP contribution >= 0.6 is 0 Å². The zero-order valence-electron chi connectivity index (χ0n) is 13.2. The molecule has 1 aromatic heterocycles. The van der Waals surface area contributed by atoms with Gasteiger partial charge in [-0.15, -0.1) is 0 Å². The van der Waals surface area contributed by atoms with Gasteiger partial charge in [0, 0.05) is 19.8 Å². The molecule has 22 heavy (non-hydrogen) atoms. The Morgan fingerprint density at radius 2 is 2.14 bits per heavy atom. The second-order valence-corrected chi connectivity index (χ2v) is 5.84. The van der Waals surface area contributed by atoms with Crippen LogP contribution in [0.5, 0.6) is 5.75 Å². The van der Waals surface area contributed by atoms with Crippen LogP contribution in [0.4, 0.5) is 5.69 Å². The molecule has 1 amide bonds. The Morgan fingerprint density at radius 3 is 2.91 bits per heavy atom. The predicted molar refractivity (Wildman–Crippen MR) is 86.5 cm³/mol. The van der Waals surface area contributed by atoms with Crippen LogP contribution < -0.4 is 9.64 Å². The van der Waals surface area contributed by atoms with E-state index in [4.69, 9.17) is 4.74 Å². The molecule has 0 atom stereocenters. The summed E-state index contributed by atoms with van der Waals surface area (Å²) in [6, 6.07) is 10.1. The average Bonchev–Trinajstić information content (AvgIpc) is 2.94. The standard InChI is InChI=1S/C17H21N3O2/c1-12-4-7-15-16(10-12)22-9-8-20(15)11-13-5-6-14(18-13)17(21)19(2)3/h4-7,10,18H,8-9,11H2,1-3H3. The third kappa shape index (κ3) is 2.79. The lowest BCUT2D eigenvalue weighted by Gasteiger charge is -2.31. The van der Waals surface area contributed by atoms with E-state index in [9.17, 15) is 4.79 Å². The number of nitrogens with one attached hydrogen (secondary N) is 1. The molecule has 0 saturated heterocycles. The number of anilines is 1. The summed E-state index contributed by atoms with van der Waals surface area (Å²) in [5, 5.41) is 0. The van der Waals surface area contributed by atoms with Crippen molar-refractivity contribution in [2.24, 2.45) is 0 Å². The van der Waals surface area contributed by atoms with E-state index in [1.807, 2.05) is 12.1 Å². The van der Waals surface area contributed by atoms with Gasteiger partial charge >= 0.3 is 0 Å². The van der Waals surface area contributed by atoms with Gasteiger partial charge in [0.1, 0.15) is 18.1 Å². The number of ether oxygens (including phenoxy) is 1. The number of benzene rings is 1. The second kappa shape index (κ2) is 5.75. The number of H-pyrrole nitrogens is 1. The van der Waals surface area contributed by atoms with Gasteiger partial charge in [0.05, 0.1) is 18.8 Å². The molecule has 2 aromatic rings. The minimum atomic E-state index is -0.00995. The summed E-state index contributed by atoms with van der Waals surface area (Å²) in [6.07, 6.45) is 0. The summed E-state index contributed by atoms with van der Waals surface area (Å²) >= 11 is 0. The van der Waals surface area contributed by atoms with Gasteiger partial charge in [0.2, 0.25) is 0 Å². The maximum Gasteiger partial charge on any atom is 0.269 e. The van der Waals surface area contributed by atoms with E-state index in [0.29, 0.717) is 12.3 Å². The summed E-state index contributed by atoms with van der Waals surface area (Å²) in [6.45, 7) is 4.32. The van der Waals surface area contributed by atoms with Crippen molar-refractivity contribution in [3.63, 3.8) is 0 Å². The molecule has 0 radical (unpaired) electrons. The van der Waals surface area contributed by atoms with E-state index >= 15 is 0 Å². The summed E-state index contributed by atoms with van der Waals surface area (Å²) in [7, 11) is 3.51. The van der Waals surface area contributed by atoms with Crippen LogP contribution in [0.2, 0.25) is 0 Å². The van der Waals surface area contributed by atoms with E-state index in [2.05, 4.69) is 35.0 Å². The molecule has 1 aromatic carbocycles. The molecule has 0 unspecified atom stereocenters. The Bertz CT molecular complexity index is 691. The molecule has 116 valence electrons. The van der Waals surface area contributed by atoms with Gasteiger partial charge in [0.15, 0.2) is 0 Å². The zero-order valence-corrected chi connectivity index (χ0v) is 13.2. The highest BCUT2D eigenvalue weighted by atomic mass is 16.5. The molecular formula is C17H21N3O2. The topological polar surface area (TPSA) is 48.6 Å². The third-order valence-corrected chi connectivity index (χ3v) is 3.82. The van der Waals surface area contributed by atoms with Crippen LogP contribution in [0, 0.1) is 6.92 Å². The van der Waals surface area contributed by atoms with E-state index in [1.165, 1.54) is 5.56 Å². The van der Waals surface area contributed by atoms with Crippen LogP contribution in [0.1, 0.15) is 21.7 Å². The molecule has 0 aliphatic carbocycles. The minimum absolute atomic E-state index is 0.00995. The number of carbonyl (C=O) groups is 1. The maximum atomic E-state index is 11.9. The van der Waals surface area contributed by atoms with Crippen LogP contribution in [-0.4, -0.2) is 43.0 Å². The lowest BCUT2D eigenvalue weighted by atomic mass is 10.1. The largest absolute Gasteiger partial charge is 0.490 e. The smallest absolute Gasteiger partial charge is 0.269 e. The number of hydrogen-bond acceptors (Lipinski definition) is 3. The van der Waals surface area contributed by atoms with Crippen LogP contribution in [0.3, 0.4) is 0 Å². The fraction of sp³-hybridized carbons (Fsp3) is 0.353. The van der Waals surface area contributed by atoms with Crippen molar-refractivity contribution < 1.29 is 9.53 Å². The van der Waals surface area contributed by atoms with Gasteiger partial charge in [-0.05, 0) is 36.8 Å². The zero-order chi connectivity index (χ0) is 15.7. The molecular weight excluding hydrogens is 278 g/mol. The first-order valence-corrected chi connectivity index (χ1v) is 7.42. The first kappa shape index (κ1) is 14.5. The highest BCUT2D eigenvalue weighted by molar-refractivity contribution is 5.92. The second-order valence-electron chi connectivity index (χ2n) is 5.84. The Labute approximate surface area is 130 Å². The molecule has 5 nitrogen and oxygen atoms in total. The van der Waals surface area contributed by atoms with Crippen molar-refractivity contribution in [3.05, 3.63) is 47.3 Å². The fourth-order valence-corrected chi connectivity index (χ4v) is 2.65. The molecule has 3 rings (SSSR count). The van der Waals surface area contributed by atoms with E-state index in [1.54, 1.807) is 19.0 Å². The summed E-state index contributed by atoms with van der Waals surface area (Å²) < 4.78 is 5.73. The lowest BCUT2D eigenvalue weighted by Crippen LogP contribution is -2.32. The number of aromatic nitrogens is 1. The first-order valence-electron chi connectivity index (χ1n) is 7.42. The van der Waals surface area contributed by atoms with Gasteiger partial charge in [-0.3, -0.25) is 4.79 Å². The summed E-state index contributed by atoms with van der Waals surface area (Å²) in [4.78, 5) is 19.0. The molecule has 0 saturated carbocycles. The lowest BCUT2D eigenvalue weighted by molar-refractivity contribution is 0.0822. The van der Waals surface area contributed by atoms with E-state index < -0.39 is 0 Å². The molecule has 0 bridgehead atoms. The van der Waals surface area contributed by atoms with Gasteiger partial charge in [-0.2, -0.15) is 0 Å². The highest BCUT2D eigenvalue weighted by Crippen LogP contribution is 2.33. The molecule has 2 heterocycles. The molecule has 1 aliphatic heterocycles. The Hall–Kier alpha value is -2.43. The normalized spacial score (nSPS) is 13.5. The van der Waals surface area contributed by atoms with E-state index in [-0.39, 0.29) is 5.91 Å². The SMILES string of the molecule is Cc1ccc2c(c1)OCCN2Cc1ccc(C(=O)N(C)C)[nH]1. The molecule has 1 aliphatic rings. The number of carbonyl (C=O) groups excluding carboxylic acids is 1. The third-order valence-electron chi connectivity index (χ3n) is 3.82. The van der Waals surface area contributed by atoms with E-state index in [0.717, 1.165) is 30.2 Å². The Kier molecular flexibility index (Phi) is 3.79. The number of fused-ring (bicyclic) bond motifs is 1. The first-order chi connectivity index (χ1) is 10.5. The van der Waals surface area contributed by atoms with Crippen molar-refractivity contribution in [1.82, 2.24) is 9.88 Å². The van der Waals surface area contributed by atoms with Gasteiger partial charge < -0.3 is 19.5 Å². The number of aryl methyl sites for hydroxylation is 1. The number of hydrogen-bond donors (Lipinski definition) is 1. The minimum Gasteiger partial charge on any atom is -0.490 e. The number of aromatic amines is 1. The predicted octanol–water partition coefficient (Wildman–Crippen LogP) is 2.42. The summed E-state index contributed by atoms with van der Waals surface area (Å²) in [5.74, 6) is 0.923. The Balaban J connectivity index is 1.79. The summed E-state index contributed by atoms with van der Waals surface area (Å²) in [5.41, 5.74) is 3.95. The molecule has 1 N–H and O–H groups in total. The van der Waals surface area contributed by atoms with Crippen molar-refractivity contribution in [2.45, 2.75) is 13.5 Å². The van der Waals surface area contributed by atoms with Crippen molar-refractivity contribution >= 4 is 11.6 Å². The van der Waals surface area contributed by atoms with Crippen LogP contribution in [0.15, 0.2) is 30.3 Å². The van der Waals surface area contributed by atoms with Gasteiger partial charge in [0.25, 0.3) is 5.91 Å². The molecule has 5 heteroatoms. The number of rotatable bonds is 3. The quantitative estimate of drug-likeness (QED) is 0.947. The monoisotopic (exact) mass is 299 g/mol. The maximum absolute atomic E-state index is 11.9. The fourth-order valence-electron chi connectivity index (χ4n) is 2.65. The van der Waals surface area contributed by atoms with Crippen molar-refractivity contribution in [3.8, 4) is 5.75 Å². The van der Waals surface area contributed by atoms with Crippen molar-refractivity contribution in [2.75, 3.05) is 32.1 Å². The molecule has 0 spiro atoms. The number of nitrogens with zero attached hydrogens (tertiary/aromatic N) is 2. The van der Waals surface area contributed by atoms with Crippen LogP contribution in [-0.2, 0) is 6.54 Å².